The lowest BCUT2D eigenvalue weighted by Crippen LogP contribution is -2.37. The molecule has 1 aliphatic rings. The molecule has 1 aromatic carbocycles. The number of fused-ring (bicyclic) bond motifs is 1. The highest BCUT2D eigenvalue weighted by molar-refractivity contribution is 7.17. The summed E-state index contributed by atoms with van der Waals surface area (Å²) in [6, 6.07) is 9.90. The SMILES string of the molecule is COC(CO)c1nc(N2CCOCC2)cc(-n2ccc(-c3cccc4ncsc34)n2)n1. The molecule has 9 nitrogen and oxygen atoms in total. The van der Waals surface area contributed by atoms with Crippen LogP contribution in [0.25, 0.3) is 27.3 Å². The summed E-state index contributed by atoms with van der Waals surface area (Å²) >= 11 is 1.60. The minimum absolute atomic E-state index is 0.208. The van der Waals surface area contributed by atoms with E-state index in [-0.39, 0.29) is 6.61 Å². The number of thiazole rings is 1. The molecule has 0 amide bonds. The van der Waals surface area contributed by atoms with E-state index in [1.54, 1.807) is 16.0 Å². The summed E-state index contributed by atoms with van der Waals surface area (Å²) < 4.78 is 13.7. The molecule has 4 heterocycles. The Morgan fingerprint density at radius 1 is 1.19 bits per heavy atom. The van der Waals surface area contributed by atoms with Crippen molar-refractivity contribution < 1.29 is 14.6 Å². The first kappa shape index (κ1) is 20.0. The molecule has 5 rings (SSSR count). The van der Waals surface area contributed by atoms with Crippen LogP contribution in [0.2, 0.25) is 0 Å². The van der Waals surface area contributed by atoms with Crippen molar-refractivity contribution in [2.24, 2.45) is 0 Å². The first-order chi connectivity index (χ1) is 15.3. The molecule has 0 spiro atoms. The molecule has 0 saturated carbocycles. The van der Waals surface area contributed by atoms with Crippen LogP contribution in [-0.2, 0) is 9.47 Å². The van der Waals surface area contributed by atoms with Crippen LogP contribution in [0.15, 0.2) is 42.0 Å². The van der Waals surface area contributed by atoms with Crippen LogP contribution in [0, 0.1) is 0 Å². The van der Waals surface area contributed by atoms with E-state index in [9.17, 15) is 5.11 Å². The molecule has 4 aromatic rings. The first-order valence-corrected chi connectivity index (χ1v) is 10.9. The van der Waals surface area contributed by atoms with Gasteiger partial charge in [0.25, 0.3) is 0 Å². The van der Waals surface area contributed by atoms with E-state index in [4.69, 9.17) is 14.6 Å². The van der Waals surface area contributed by atoms with Crippen molar-refractivity contribution in [3.05, 3.63) is 47.9 Å². The topological polar surface area (TPSA) is 98.4 Å². The predicted octanol–water partition coefficient (Wildman–Crippen LogP) is 2.46. The lowest BCUT2D eigenvalue weighted by Gasteiger charge is -2.28. The van der Waals surface area contributed by atoms with Gasteiger partial charge in [0.1, 0.15) is 11.9 Å². The number of rotatable bonds is 6. The van der Waals surface area contributed by atoms with Crippen LogP contribution in [0.4, 0.5) is 5.82 Å². The number of hydrogen-bond acceptors (Lipinski definition) is 9. The Balaban J connectivity index is 1.56. The largest absolute Gasteiger partial charge is 0.393 e. The number of hydrogen-bond donors (Lipinski definition) is 1. The molecule has 1 atom stereocenters. The quantitative estimate of drug-likeness (QED) is 0.490. The van der Waals surface area contributed by atoms with E-state index in [0.717, 1.165) is 40.4 Å². The van der Waals surface area contributed by atoms with Crippen LogP contribution >= 0.6 is 11.3 Å². The van der Waals surface area contributed by atoms with Gasteiger partial charge in [-0.3, -0.25) is 0 Å². The summed E-state index contributed by atoms with van der Waals surface area (Å²) in [7, 11) is 1.53. The lowest BCUT2D eigenvalue weighted by atomic mass is 10.1. The van der Waals surface area contributed by atoms with E-state index in [0.29, 0.717) is 24.9 Å². The standard InChI is InChI=1S/C21H22N6O3S/c1-29-17(12-28)21-23-18(26-7-9-30-10-8-26)11-19(24-21)27-6-5-15(25-27)14-3-2-4-16-20(14)31-13-22-16/h2-6,11,13,17,28H,7-10,12H2,1H3. The zero-order valence-electron chi connectivity index (χ0n) is 17.0. The minimum Gasteiger partial charge on any atom is -0.393 e. The Labute approximate surface area is 182 Å². The number of ether oxygens (including phenoxy) is 2. The van der Waals surface area contributed by atoms with E-state index in [1.807, 2.05) is 42.0 Å². The molecule has 1 saturated heterocycles. The predicted molar refractivity (Wildman–Crippen MR) is 118 cm³/mol. The molecule has 0 aliphatic carbocycles. The molecule has 160 valence electrons. The summed E-state index contributed by atoms with van der Waals surface area (Å²) in [5, 5.41) is 14.5. The van der Waals surface area contributed by atoms with E-state index in [2.05, 4.69) is 19.9 Å². The second-order valence-corrected chi connectivity index (χ2v) is 7.96. The van der Waals surface area contributed by atoms with Crippen molar-refractivity contribution in [1.82, 2.24) is 24.7 Å². The zero-order valence-corrected chi connectivity index (χ0v) is 17.8. The third-order valence-electron chi connectivity index (χ3n) is 5.25. The van der Waals surface area contributed by atoms with Crippen molar-refractivity contribution in [2.45, 2.75) is 6.10 Å². The van der Waals surface area contributed by atoms with Crippen molar-refractivity contribution in [3.63, 3.8) is 0 Å². The zero-order chi connectivity index (χ0) is 21.2. The number of aliphatic hydroxyl groups is 1. The molecular formula is C21H22N6O3S. The van der Waals surface area contributed by atoms with Gasteiger partial charge in [-0.1, -0.05) is 12.1 Å². The average molecular weight is 439 g/mol. The van der Waals surface area contributed by atoms with E-state index >= 15 is 0 Å². The average Bonchev–Trinajstić information content (AvgIpc) is 3.50. The van der Waals surface area contributed by atoms with Gasteiger partial charge in [-0.05, 0) is 12.1 Å². The van der Waals surface area contributed by atoms with Gasteiger partial charge < -0.3 is 19.5 Å². The molecule has 1 aliphatic heterocycles. The van der Waals surface area contributed by atoms with Gasteiger partial charge in [0.15, 0.2) is 11.6 Å². The van der Waals surface area contributed by atoms with Crippen molar-refractivity contribution >= 4 is 27.4 Å². The van der Waals surface area contributed by atoms with E-state index < -0.39 is 6.10 Å². The molecule has 10 heteroatoms. The van der Waals surface area contributed by atoms with Crippen molar-refractivity contribution in [3.8, 4) is 17.1 Å². The third-order valence-corrected chi connectivity index (χ3v) is 6.12. The monoisotopic (exact) mass is 438 g/mol. The van der Waals surface area contributed by atoms with Crippen LogP contribution in [-0.4, -0.2) is 69.9 Å². The van der Waals surface area contributed by atoms with Gasteiger partial charge in [0.2, 0.25) is 0 Å². The molecule has 1 fully saturated rings. The molecule has 31 heavy (non-hydrogen) atoms. The summed E-state index contributed by atoms with van der Waals surface area (Å²) in [5.74, 6) is 1.80. The van der Waals surface area contributed by atoms with Gasteiger partial charge in [-0.25, -0.2) is 19.6 Å². The lowest BCUT2D eigenvalue weighted by molar-refractivity contribution is 0.0422. The highest BCUT2D eigenvalue weighted by Crippen LogP contribution is 2.30. The number of methoxy groups -OCH3 is 1. The highest BCUT2D eigenvalue weighted by atomic mass is 32.1. The maximum absolute atomic E-state index is 9.71. The fourth-order valence-electron chi connectivity index (χ4n) is 3.60. The van der Waals surface area contributed by atoms with Crippen molar-refractivity contribution in [2.75, 3.05) is 44.9 Å². The fourth-order valence-corrected chi connectivity index (χ4v) is 4.41. The molecule has 1 N–H and O–H groups in total. The number of aliphatic hydroxyl groups excluding tert-OH is 1. The van der Waals surface area contributed by atoms with Crippen molar-refractivity contribution in [1.29, 1.82) is 0 Å². The minimum atomic E-state index is -0.610. The Hall–Kier alpha value is -2.92. The van der Waals surface area contributed by atoms with Gasteiger partial charge in [-0.2, -0.15) is 5.10 Å². The summed E-state index contributed by atoms with van der Waals surface area (Å²) in [6.45, 7) is 2.56. The van der Waals surface area contributed by atoms with E-state index in [1.165, 1.54) is 7.11 Å². The van der Waals surface area contributed by atoms with Gasteiger partial charge in [0, 0.05) is 38.0 Å². The number of anilines is 1. The second kappa shape index (κ2) is 8.67. The second-order valence-electron chi connectivity index (χ2n) is 7.10. The summed E-state index contributed by atoms with van der Waals surface area (Å²) in [6.07, 6.45) is 1.27. The number of benzene rings is 1. The molecule has 3 aromatic heterocycles. The van der Waals surface area contributed by atoms with Crippen LogP contribution < -0.4 is 4.90 Å². The van der Waals surface area contributed by atoms with Crippen LogP contribution in [0.1, 0.15) is 11.9 Å². The Morgan fingerprint density at radius 2 is 2.03 bits per heavy atom. The van der Waals surface area contributed by atoms with Gasteiger partial charge in [-0.15, -0.1) is 11.3 Å². The summed E-state index contributed by atoms with van der Waals surface area (Å²) in [5.41, 5.74) is 4.68. The number of aromatic nitrogens is 5. The fraction of sp³-hybridized carbons (Fsp3) is 0.333. The maximum atomic E-state index is 9.71. The highest BCUT2D eigenvalue weighted by Gasteiger charge is 2.20. The first-order valence-electron chi connectivity index (χ1n) is 10.0. The molecule has 1 unspecified atom stereocenters. The van der Waals surface area contributed by atoms with Crippen LogP contribution in [0.5, 0.6) is 0 Å². The molecule has 0 bridgehead atoms. The normalized spacial score (nSPS) is 15.5. The number of morpholine rings is 1. The Kier molecular flexibility index (Phi) is 5.60. The van der Waals surface area contributed by atoms with Gasteiger partial charge >= 0.3 is 0 Å². The van der Waals surface area contributed by atoms with Gasteiger partial charge in [0.05, 0.1) is 41.2 Å². The summed E-state index contributed by atoms with van der Waals surface area (Å²) in [4.78, 5) is 15.8. The molecule has 0 radical (unpaired) electrons. The Morgan fingerprint density at radius 3 is 2.84 bits per heavy atom. The number of nitrogens with zero attached hydrogens (tertiary/aromatic N) is 6. The maximum Gasteiger partial charge on any atom is 0.164 e. The Bertz CT molecular complexity index is 1180. The molecular weight excluding hydrogens is 416 g/mol. The third kappa shape index (κ3) is 3.90. The van der Waals surface area contributed by atoms with Crippen LogP contribution in [0.3, 0.4) is 0 Å². The smallest absolute Gasteiger partial charge is 0.164 e.